The van der Waals surface area contributed by atoms with Gasteiger partial charge >= 0.3 is 5.97 Å². The first-order valence-corrected chi connectivity index (χ1v) is 5.76. The van der Waals surface area contributed by atoms with Crippen LogP contribution in [0.25, 0.3) is 0 Å². The summed E-state index contributed by atoms with van der Waals surface area (Å²) >= 11 is 0. The standard InChI is InChI=1S/C13H17NO4/c1-10-4-2-3-5-11(10)18-9-7-12(15)14-8-6-13(16)17/h2-5H,6-9H2,1H3,(H,14,15)(H,16,17). The number of ether oxygens (including phenoxy) is 1. The quantitative estimate of drug-likeness (QED) is 0.767. The van der Waals surface area contributed by atoms with Crippen molar-refractivity contribution in [2.24, 2.45) is 0 Å². The fourth-order valence-corrected chi connectivity index (χ4v) is 1.37. The van der Waals surface area contributed by atoms with E-state index in [1.54, 1.807) is 0 Å². The zero-order chi connectivity index (χ0) is 13.4. The van der Waals surface area contributed by atoms with E-state index >= 15 is 0 Å². The SMILES string of the molecule is Cc1ccccc1OCCC(=O)NCCC(=O)O. The summed E-state index contributed by atoms with van der Waals surface area (Å²) in [5.74, 6) is -0.368. The first-order chi connectivity index (χ1) is 8.59. The maximum absolute atomic E-state index is 11.3. The highest BCUT2D eigenvalue weighted by atomic mass is 16.5. The summed E-state index contributed by atoms with van der Waals surface area (Å²) in [5.41, 5.74) is 1.02. The number of hydrogen-bond acceptors (Lipinski definition) is 3. The van der Waals surface area contributed by atoms with Crippen molar-refractivity contribution in [3.63, 3.8) is 0 Å². The number of carbonyl (C=O) groups is 2. The van der Waals surface area contributed by atoms with E-state index in [0.717, 1.165) is 11.3 Å². The van der Waals surface area contributed by atoms with Crippen molar-refractivity contribution >= 4 is 11.9 Å². The highest BCUT2D eigenvalue weighted by molar-refractivity contribution is 5.76. The fraction of sp³-hybridized carbons (Fsp3) is 0.385. The molecule has 98 valence electrons. The molecule has 0 saturated carbocycles. The summed E-state index contributed by atoms with van der Waals surface area (Å²) < 4.78 is 5.46. The summed E-state index contributed by atoms with van der Waals surface area (Å²) in [6.07, 6.45) is 0.151. The number of benzene rings is 1. The number of aliphatic carboxylic acids is 1. The van der Waals surface area contributed by atoms with Crippen LogP contribution in [0.1, 0.15) is 18.4 Å². The summed E-state index contributed by atoms with van der Waals surface area (Å²) in [4.78, 5) is 21.6. The van der Waals surface area contributed by atoms with Crippen molar-refractivity contribution in [2.75, 3.05) is 13.2 Å². The molecule has 5 heteroatoms. The van der Waals surface area contributed by atoms with Crippen LogP contribution in [0.4, 0.5) is 0 Å². The monoisotopic (exact) mass is 251 g/mol. The van der Waals surface area contributed by atoms with Gasteiger partial charge in [-0.3, -0.25) is 9.59 Å². The number of rotatable bonds is 7. The van der Waals surface area contributed by atoms with Crippen LogP contribution >= 0.6 is 0 Å². The van der Waals surface area contributed by atoms with Gasteiger partial charge in [0, 0.05) is 6.54 Å². The lowest BCUT2D eigenvalue weighted by Gasteiger charge is -2.08. The topological polar surface area (TPSA) is 75.6 Å². The molecule has 0 radical (unpaired) electrons. The maximum atomic E-state index is 11.3. The first-order valence-electron chi connectivity index (χ1n) is 5.76. The smallest absolute Gasteiger partial charge is 0.305 e. The molecule has 0 heterocycles. The molecule has 1 aromatic rings. The molecule has 5 nitrogen and oxygen atoms in total. The van der Waals surface area contributed by atoms with Crippen molar-refractivity contribution in [3.05, 3.63) is 29.8 Å². The molecule has 2 N–H and O–H groups in total. The van der Waals surface area contributed by atoms with Gasteiger partial charge in [-0.25, -0.2) is 0 Å². The van der Waals surface area contributed by atoms with Crippen LogP contribution in [0.3, 0.4) is 0 Å². The van der Waals surface area contributed by atoms with Crippen molar-refractivity contribution in [3.8, 4) is 5.75 Å². The second-order valence-electron chi connectivity index (χ2n) is 3.86. The number of carboxylic acid groups (broad SMARTS) is 1. The Kier molecular flexibility index (Phi) is 5.70. The molecule has 0 aliphatic carbocycles. The molecule has 18 heavy (non-hydrogen) atoms. The molecule has 0 fully saturated rings. The molecule has 0 aromatic heterocycles. The number of nitrogens with one attached hydrogen (secondary N) is 1. The van der Waals surface area contributed by atoms with Gasteiger partial charge in [0.2, 0.25) is 5.91 Å². The lowest BCUT2D eigenvalue weighted by Crippen LogP contribution is -2.27. The first kappa shape index (κ1) is 14.0. The van der Waals surface area contributed by atoms with E-state index in [-0.39, 0.29) is 31.9 Å². The molecule has 0 aliphatic rings. The largest absolute Gasteiger partial charge is 0.493 e. The third kappa shape index (κ3) is 5.34. The number of para-hydroxylation sites is 1. The molecule has 0 saturated heterocycles. The average molecular weight is 251 g/mol. The lowest BCUT2D eigenvalue weighted by molar-refractivity contribution is -0.136. The van der Waals surface area contributed by atoms with Gasteiger partial charge < -0.3 is 15.2 Å². The van der Waals surface area contributed by atoms with Crippen molar-refractivity contribution in [2.45, 2.75) is 19.8 Å². The van der Waals surface area contributed by atoms with Gasteiger partial charge in [0.25, 0.3) is 0 Å². The van der Waals surface area contributed by atoms with Gasteiger partial charge in [0.15, 0.2) is 0 Å². The summed E-state index contributed by atoms with van der Waals surface area (Å²) in [7, 11) is 0. The minimum Gasteiger partial charge on any atom is -0.493 e. The zero-order valence-electron chi connectivity index (χ0n) is 10.3. The third-order valence-corrected chi connectivity index (χ3v) is 2.34. The Morgan fingerprint density at radius 3 is 2.67 bits per heavy atom. The molecular weight excluding hydrogens is 234 g/mol. The molecule has 1 aromatic carbocycles. The predicted molar refractivity (Wildman–Crippen MR) is 66.6 cm³/mol. The Labute approximate surface area is 106 Å². The molecule has 1 amide bonds. The summed E-state index contributed by atoms with van der Waals surface area (Å²) in [5, 5.41) is 10.9. The average Bonchev–Trinajstić information content (AvgIpc) is 2.31. The van der Waals surface area contributed by atoms with Crippen LogP contribution in [0.15, 0.2) is 24.3 Å². The third-order valence-electron chi connectivity index (χ3n) is 2.34. The van der Waals surface area contributed by atoms with E-state index in [9.17, 15) is 9.59 Å². The number of carbonyl (C=O) groups excluding carboxylic acids is 1. The number of hydrogen-bond donors (Lipinski definition) is 2. The number of carboxylic acids is 1. The van der Waals surface area contributed by atoms with Crippen molar-refractivity contribution in [1.82, 2.24) is 5.32 Å². The lowest BCUT2D eigenvalue weighted by atomic mass is 10.2. The van der Waals surface area contributed by atoms with E-state index in [1.807, 2.05) is 31.2 Å². The van der Waals surface area contributed by atoms with Gasteiger partial charge in [0.1, 0.15) is 5.75 Å². The van der Waals surface area contributed by atoms with Gasteiger partial charge in [-0.2, -0.15) is 0 Å². The fourth-order valence-electron chi connectivity index (χ4n) is 1.37. The van der Waals surface area contributed by atoms with Crippen LogP contribution in [0.2, 0.25) is 0 Å². The van der Waals surface area contributed by atoms with Gasteiger partial charge in [-0.1, -0.05) is 18.2 Å². The van der Waals surface area contributed by atoms with E-state index in [4.69, 9.17) is 9.84 Å². The molecule has 1 rings (SSSR count). The maximum Gasteiger partial charge on any atom is 0.305 e. The summed E-state index contributed by atoms with van der Waals surface area (Å²) in [6, 6.07) is 7.57. The van der Waals surface area contributed by atoms with Gasteiger partial charge in [0.05, 0.1) is 19.4 Å². The van der Waals surface area contributed by atoms with E-state index < -0.39 is 5.97 Å². The van der Waals surface area contributed by atoms with Gasteiger partial charge in [-0.05, 0) is 18.6 Å². The minimum absolute atomic E-state index is 0.0651. The molecule has 0 bridgehead atoms. The zero-order valence-corrected chi connectivity index (χ0v) is 10.3. The Bertz CT molecular complexity index is 417. The number of amides is 1. The van der Waals surface area contributed by atoms with Crippen LogP contribution in [0, 0.1) is 6.92 Å². The van der Waals surface area contributed by atoms with E-state index in [0.29, 0.717) is 0 Å². The Hall–Kier alpha value is -2.04. The predicted octanol–water partition coefficient (Wildman–Crippen LogP) is 1.35. The van der Waals surface area contributed by atoms with E-state index in [1.165, 1.54) is 0 Å². The van der Waals surface area contributed by atoms with Crippen LogP contribution in [0.5, 0.6) is 5.75 Å². The van der Waals surface area contributed by atoms with Crippen molar-refractivity contribution < 1.29 is 19.4 Å². The molecule has 0 spiro atoms. The normalized spacial score (nSPS) is 9.83. The molecular formula is C13H17NO4. The molecule has 0 aliphatic heterocycles. The van der Waals surface area contributed by atoms with E-state index in [2.05, 4.69) is 5.32 Å². The van der Waals surface area contributed by atoms with Crippen LogP contribution in [-0.2, 0) is 9.59 Å². The Morgan fingerprint density at radius 1 is 1.28 bits per heavy atom. The minimum atomic E-state index is -0.925. The number of aryl methyl sites for hydroxylation is 1. The molecule has 0 unspecified atom stereocenters. The second-order valence-corrected chi connectivity index (χ2v) is 3.86. The summed E-state index contributed by atoms with van der Waals surface area (Å²) in [6.45, 7) is 2.37. The highest BCUT2D eigenvalue weighted by Crippen LogP contribution is 2.15. The Balaban J connectivity index is 2.20. The van der Waals surface area contributed by atoms with Crippen LogP contribution < -0.4 is 10.1 Å². The Morgan fingerprint density at radius 2 is 2.00 bits per heavy atom. The molecule has 0 atom stereocenters. The second kappa shape index (κ2) is 7.32. The van der Waals surface area contributed by atoms with Crippen molar-refractivity contribution in [1.29, 1.82) is 0 Å². The van der Waals surface area contributed by atoms with Crippen LogP contribution in [-0.4, -0.2) is 30.1 Å². The van der Waals surface area contributed by atoms with Gasteiger partial charge in [-0.15, -0.1) is 0 Å². The highest BCUT2D eigenvalue weighted by Gasteiger charge is 2.04.